The molecular formula is C16H17Cl2N3O. The van der Waals surface area contributed by atoms with Crippen molar-refractivity contribution in [3.63, 3.8) is 0 Å². The monoisotopic (exact) mass is 337 g/mol. The molecule has 1 aliphatic rings. The zero-order valence-corrected chi connectivity index (χ0v) is 13.8. The summed E-state index contributed by atoms with van der Waals surface area (Å²) in [6.45, 7) is 0. The number of nitrogens with zero attached hydrogens (tertiary/aromatic N) is 2. The fourth-order valence-corrected chi connectivity index (χ4v) is 3.35. The molecule has 1 amide bonds. The van der Waals surface area contributed by atoms with Crippen LogP contribution in [-0.4, -0.2) is 15.7 Å². The van der Waals surface area contributed by atoms with Crippen molar-refractivity contribution in [3.05, 3.63) is 51.3 Å². The fraction of sp³-hybridized carbons (Fsp3) is 0.375. The maximum Gasteiger partial charge on any atom is 0.220 e. The molecule has 0 saturated heterocycles. The van der Waals surface area contributed by atoms with Crippen molar-refractivity contribution in [3.8, 4) is 0 Å². The second-order valence-corrected chi connectivity index (χ2v) is 6.40. The second-order valence-electron chi connectivity index (χ2n) is 5.61. The average Bonchev–Trinajstić information content (AvgIpc) is 3.08. The summed E-state index contributed by atoms with van der Waals surface area (Å²) in [4.78, 5) is 12.1. The van der Waals surface area contributed by atoms with Crippen LogP contribution < -0.4 is 5.32 Å². The van der Waals surface area contributed by atoms with Gasteiger partial charge in [0.1, 0.15) is 0 Å². The highest BCUT2D eigenvalue weighted by atomic mass is 35.5. The molecule has 3 rings (SSSR count). The van der Waals surface area contributed by atoms with Crippen LogP contribution in [0.2, 0.25) is 10.0 Å². The molecule has 0 radical (unpaired) electrons. The number of hydrogen-bond donors (Lipinski definition) is 1. The summed E-state index contributed by atoms with van der Waals surface area (Å²) in [6, 6.07) is 3.79. The number of benzene rings is 1. The molecule has 116 valence electrons. The van der Waals surface area contributed by atoms with E-state index in [1.165, 1.54) is 0 Å². The van der Waals surface area contributed by atoms with E-state index >= 15 is 0 Å². The van der Waals surface area contributed by atoms with Crippen molar-refractivity contribution in [1.82, 2.24) is 15.1 Å². The lowest BCUT2D eigenvalue weighted by molar-refractivity contribution is -0.121. The number of nitrogens with one attached hydrogen (secondary N) is 1. The lowest BCUT2D eigenvalue weighted by Crippen LogP contribution is -2.27. The highest BCUT2D eigenvalue weighted by Crippen LogP contribution is 2.39. The van der Waals surface area contributed by atoms with E-state index in [1.807, 2.05) is 19.3 Å². The van der Waals surface area contributed by atoms with Crippen molar-refractivity contribution < 1.29 is 4.79 Å². The molecule has 0 saturated carbocycles. The maximum absolute atomic E-state index is 12.1. The predicted octanol–water partition coefficient (Wildman–Crippen LogP) is 3.46. The van der Waals surface area contributed by atoms with E-state index in [0.717, 1.165) is 29.5 Å². The summed E-state index contributed by atoms with van der Waals surface area (Å²) in [5.41, 5.74) is 3.22. The summed E-state index contributed by atoms with van der Waals surface area (Å²) >= 11 is 12.3. The minimum absolute atomic E-state index is 0.0335. The van der Waals surface area contributed by atoms with E-state index in [4.69, 9.17) is 23.2 Å². The van der Waals surface area contributed by atoms with Gasteiger partial charge in [0.2, 0.25) is 5.91 Å². The van der Waals surface area contributed by atoms with Crippen LogP contribution in [0.1, 0.15) is 35.6 Å². The van der Waals surface area contributed by atoms with Crippen LogP contribution in [0.3, 0.4) is 0 Å². The third-order valence-corrected chi connectivity index (χ3v) is 4.87. The minimum Gasteiger partial charge on any atom is -0.349 e. The van der Waals surface area contributed by atoms with Crippen LogP contribution in [0.4, 0.5) is 0 Å². The average molecular weight is 338 g/mol. The highest BCUT2D eigenvalue weighted by Gasteiger charge is 2.26. The second kappa shape index (κ2) is 6.31. The molecule has 6 heteroatoms. The van der Waals surface area contributed by atoms with Crippen molar-refractivity contribution >= 4 is 29.1 Å². The van der Waals surface area contributed by atoms with E-state index in [-0.39, 0.29) is 11.9 Å². The Morgan fingerprint density at radius 3 is 3.00 bits per heavy atom. The Balaban J connectivity index is 1.61. The van der Waals surface area contributed by atoms with Crippen LogP contribution in [-0.2, 0) is 24.7 Å². The first-order valence-electron chi connectivity index (χ1n) is 7.28. The molecule has 1 atom stereocenters. The molecule has 4 nitrogen and oxygen atoms in total. The van der Waals surface area contributed by atoms with Gasteiger partial charge in [-0.05, 0) is 42.0 Å². The third kappa shape index (κ3) is 3.13. The standard InChI is InChI=1S/C16H17Cl2N3O/c1-21-9-10(8-19-21)2-7-15(22)20-14-6-4-12-11(14)3-5-13(17)16(12)18/h3,5,8-9,14H,2,4,6-7H2,1H3,(H,20,22). The van der Waals surface area contributed by atoms with Crippen molar-refractivity contribution in [2.24, 2.45) is 7.05 Å². The number of halogens is 2. The van der Waals surface area contributed by atoms with Gasteiger partial charge in [0.05, 0.1) is 22.3 Å². The Morgan fingerprint density at radius 2 is 2.27 bits per heavy atom. The fourth-order valence-electron chi connectivity index (χ4n) is 2.91. The van der Waals surface area contributed by atoms with E-state index in [9.17, 15) is 4.79 Å². The van der Waals surface area contributed by atoms with Crippen molar-refractivity contribution in [2.45, 2.75) is 31.7 Å². The first kappa shape index (κ1) is 15.4. The topological polar surface area (TPSA) is 46.9 Å². The van der Waals surface area contributed by atoms with E-state index < -0.39 is 0 Å². The molecular weight excluding hydrogens is 321 g/mol. The summed E-state index contributed by atoms with van der Waals surface area (Å²) in [6.07, 6.45) is 6.59. The first-order chi connectivity index (χ1) is 10.5. The Kier molecular flexibility index (Phi) is 4.41. The number of carbonyl (C=O) groups is 1. The molecule has 1 aliphatic carbocycles. The van der Waals surface area contributed by atoms with E-state index in [2.05, 4.69) is 10.4 Å². The number of fused-ring (bicyclic) bond motifs is 1. The minimum atomic E-state index is 0.0335. The lowest BCUT2D eigenvalue weighted by atomic mass is 10.1. The summed E-state index contributed by atoms with van der Waals surface area (Å²) in [5, 5.41) is 8.38. The van der Waals surface area contributed by atoms with Gasteiger partial charge >= 0.3 is 0 Å². The Bertz CT molecular complexity index is 711. The van der Waals surface area contributed by atoms with Crippen molar-refractivity contribution in [2.75, 3.05) is 0 Å². The quantitative estimate of drug-likeness (QED) is 0.928. The molecule has 0 spiro atoms. The summed E-state index contributed by atoms with van der Waals surface area (Å²) in [7, 11) is 1.87. The van der Waals surface area contributed by atoms with E-state index in [1.54, 1.807) is 16.9 Å². The third-order valence-electron chi connectivity index (χ3n) is 4.03. The smallest absolute Gasteiger partial charge is 0.220 e. The zero-order chi connectivity index (χ0) is 15.7. The Morgan fingerprint density at radius 1 is 1.45 bits per heavy atom. The van der Waals surface area contributed by atoms with E-state index in [0.29, 0.717) is 22.9 Å². The van der Waals surface area contributed by atoms with Crippen LogP contribution >= 0.6 is 23.2 Å². The SMILES string of the molecule is Cn1cc(CCC(=O)NC2CCc3c2ccc(Cl)c3Cl)cn1. The molecule has 1 aromatic heterocycles. The predicted molar refractivity (Wildman–Crippen MR) is 87.2 cm³/mol. The largest absolute Gasteiger partial charge is 0.349 e. The van der Waals surface area contributed by atoms with Gasteiger partial charge in [-0.2, -0.15) is 5.10 Å². The van der Waals surface area contributed by atoms with Gasteiger partial charge in [-0.25, -0.2) is 0 Å². The lowest BCUT2D eigenvalue weighted by Gasteiger charge is -2.14. The van der Waals surface area contributed by atoms with Gasteiger partial charge in [0.25, 0.3) is 0 Å². The molecule has 1 heterocycles. The van der Waals surface area contributed by atoms with Crippen LogP contribution in [0.25, 0.3) is 0 Å². The molecule has 1 aromatic carbocycles. The molecule has 0 fully saturated rings. The molecule has 1 unspecified atom stereocenters. The Hall–Kier alpha value is -1.52. The summed E-state index contributed by atoms with van der Waals surface area (Å²) in [5.74, 6) is 0.0489. The van der Waals surface area contributed by atoms with Crippen molar-refractivity contribution in [1.29, 1.82) is 0 Å². The van der Waals surface area contributed by atoms with Gasteiger partial charge < -0.3 is 5.32 Å². The van der Waals surface area contributed by atoms with Gasteiger partial charge in [-0.3, -0.25) is 9.48 Å². The molecule has 22 heavy (non-hydrogen) atoms. The molecule has 0 bridgehead atoms. The molecule has 2 aromatic rings. The summed E-state index contributed by atoms with van der Waals surface area (Å²) < 4.78 is 1.74. The Labute approximate surface area is 139 Å². The zero-order valence-electron chi connectivity index (χ0n) is 12.3. The van der Waals surface area contributed by atoms with Gasteiger partial charge in [0, 0.05) is 19.7 Å². The maximum atomic E-state index is 12.1. The van der Waals surface area contributed by atoms with Gasteiger partial charge in [0.15, 0.2) is 0 Å². The number of carbonyl (C=O) groups excluding carboxylic acids is 1. The van der Waals surface area contributed by atoms with Crippen LogP contribution in [0.15, 0.2) is 24.5 Å². The van der Waals surface area contributed by atoms with Crippen LogP contribution in [0.5, 0.6) is 0 Å². The number of hydrogen-bond acceptors (Lipinski definition) is 2. The number of amides is 1. The first-order valence-corrected chi connectivity index (χ1v) is 8.04. The molecule has 0 aliphatic heterocycles. The highest BCUT2D eigenvalue weighted by molar-refractivity contribution is 6.42. The number of aryl methyl sites for hydroxylation is 2. The number of aromatic nitrogens is 2. The van der Waals surface area contributed by atoms with Gasteiger partial charge in [-0.15, -0.1) is 0 Å². The molecule has 1 N–H and O–H groups in total. The van der Waals surface area contributed by atoms with Gasteiger partial charge in [-0.1, -0.05) is 29.3 Å². The normalized spacial score (nSPS) is 16.6. The number of rotatable bonds is 4. The van der Waals surface area contributed by atoms with Crippen LogP contribution in [0, 0.1) is 0 Å².